The second kappa shape index (κ2) is 6.91. The van der Waals surface area contributed by atoms with Crippen molar-refractivity contribution in [2.45, 2.75) is 31.7 Å². The molecule has 2 saturated heterocycles. The summed E-state index contributed by atoms with van der Waals surface area (Å²) in [7, 11) is 0. The molecule has 1 atom stereocenters. The van der Waals surface area contributed by atoms with E-state index in [0.29, 0.717) is 11.1 Å². The first-order valence-electron chi connectivity index (χ1n) is 7.85. The first-order chi connectivity index (χ1) is 10.2. The van der Waals surface area contributed by atoms with E-state index in [0.717, 1.165) is 57.6 Å². The van der Waals surface area contributed by atoms with Crippen LogP contribution in [0.15, 0.2) is 24.3 Å². The maximum Gasteiger partial charge on any atom is 0.167 e. The summed E-state index contributed by atoms with van der Waals surface area (Å²) >= 11 is 5.90. The van der Waals surface area contributed by atoms with E-state index in [9.17, 15) is 4.79 Å². The Morgan fingerprint density at radius 2 is 1.86 bits per heavy atom. The van der Waals surface area contributed by atoms with E-state index >= 15 is 0 Å². The van der Waals surface area contributed by atoms with Crippen LogP contribution in [0.1, 0.15) is 36.0 Å². The number of piperidine rings is 1. The van der Waals surface area contributed by atoms with Crippen LogP contribution in [-0.2, 0) is 4.74 Å². The number of likely N-dealkylation sites (tertiary alicyclic amines) is 1. The van der Waals surface area contributed by atoms with Crippen LogP contribution in [-0.4, -0.2) is 43.0 Å². The van der Waals surface area contributed by atoms with Crippen LogP contribution >= 0.6 is 11.6 Å². The summed E-state index contributed by atoms with van der Waals surface area (Å²) in [6.45, 7) is 3.73. The molecular weight excluding hydrogens is 286 g/mol. The van der Waals surface area contributed by atoms with Crippen LogP contribution in [0.3, 0.4) is 0 Å². The summed E-state index contributed by atoms with van der Waals surface area (Å²) in [5.74, 6) is 0.395. The molecule has 0 aliphatic carbocycles. The molecule has 3 rings (SSSR count). The van der Waals surface area contributed by atoms with E-state index in [4.69, 9.17) is 16.3 Å². The monoisotopic (exact) mass is 307 g/mol. The number of hydrogen-bond acceptors (Lipinski definition) is 3. The van der Waals surface area contributed by atoms with Crippen LogP contribution in [0.5, 0.6) is 0 Å². The fourth-order valence-corrected chi connectivity index (χ4v) is 3.58. The Labute approximate surface area is 131 Å². The van der Waals surface area contributed by atoms with Gasteiger partial charge in [0.15, 0.2) is 5.78 Å². The van der Waals surface area contributed by atoms with Crippen molar-refractivity contribution in [3.05, 3.63) is 34.9 Å². The smallest absolute Gasteiger partial charge is 0.167 e. The summed E-state index contributed by atoms with van der Waals surface area (Å²) < 4.78 is 5.44. The summed E-state index contributed by atoms with van der Waals surface area (Å²) in [6.07, 6.45) is 4.31. The number of hydrogen-bond donors (Lipinski definition) is 0. The van der Waals surface area contributed by atoms with Crippen molar-refractivity contribution in [1.82, 2.24) is 4.90 Å². The standard InChI is InChI=1S/C17H22ClNO2/c18-15-5-3-13(4-6-15)17(20)14-2-1-9-19(12-14)16-7-10-21-11-8-16/h3-6,14,16H,1-2,7-12H2/t14-/m0/s1. The predicted molar refractivity (Wildman–Crippen MR) is 83.9 cm³/mol. The van der Waals surface area contributed by atoms with Gasteiger partial charge in [0.05, 0.1) is 0 Å². The Kier molecular flexibility index (Phi) is 4.94. The van der Waals surface area contributed by atoms with Gasteiger partial charge in [0, 0.05) is 42.3 Å². The van der Waals surface area contributed by atoms with Gasteiger partial charge in [-0.05, 0) is 56.5 Å². The number of nitrogens with zero attached hydrogens (tertiary/aromatic N) is 1. The lowest BCUT2D eigenvalue weighted by atomic mass is 9.88. The van der Waals surface area contributed by atoms with Crippen molar-refractivity contribution in [3.8, 4) is 0 Å². The van der Waals surface area contributed by atoms with Gasteiger partial charge in [-0.25, -0.2) is 0 Å². The first kappa shape index (κ1) is 15.0. The highest BCUT2D eigenvalue weighted by Crippen LogP contribution is 2.26. The van der Waals surface area contributed by atoms with E-state index in [-0.39, 0.29) is 11.7 Å². The number of benzene rings is 1. The summed E-state index contributed by atoms with van der Waals surface area (Å²) in [5.41, 5.74) is 0.790. The van der Waals surface area contributed by atoms with Gasteiger partial charge in [-0.3, -0.25) is 9.69 Å². The van der Waals surface area contributed by atoms with Gasteiger partial charge in [0.25, 0.3) is 0 Å². The Morgan fingerprint density at radius 3 is 2.57 bits per heavy atom. The van der Waals surface area contributed by atoms with Crippen molar-refractivity contribution in [1.29, 1.82) is 0 Å². The van der Waals surface area contributed by atoms with Gasteiger partial charge >= 0.3 is 0 Å². The molecule has 2 aliphatic heterocycles. The quantitative estimate of drug-likeness (QED) is 0.801. The number of Topliss-reactive ketones (excluding diaryl/α,β-unsaturated/α-hetero) is 1. The van der Waals surface area contributed by atoms with E-state index in [2.05, 4.69) is 4.90 Å². The molecule has 1 aromatic rings. The lowest BCUT2D eigenvalue weighted by Crippen LogP contribution is -2.46. The third-order valence-corrected chi connectivity index (χ3v) is 4.91. The molecule has 1 aromatic carbocycles. The fourth-order valence-electron chi connectivity index (χ4n) is 3.45. The fraction of sp³-hybridized carbons (Fsp3) is 0.588. The van der Waals surface area contributed by atoms with Gasteiger partial charge in [-0.15, -0.1) is 0 Å². The second-order valence-corrected chi connectivity index (χ2v) is 6.49. The van der Waals surface area contributed by atoms with E-state index in [1.807, 2.05) is 12.1 Å². The molecule has 0 amide bonds. The highest BCUT2D eigenvalue weighted by atomic mass is 35.5. The van der Waals surface area contributed by atoms with Crippen LogP contribution in [0.2, 0.25) is 5.02 Å². The van der Waals surface area contributed by atoms with Crippen LogP contribution in [0, 0.1) is 5.92 Å². The maximum atomic E-state index is 12.6. The molecule has 2 fully saturated rings. The number of ketones is 1. The minimum Gasteiger partial charge on any atom is -0.381 e. The Balaban J connectivity index is 1.64. The summed E-state index contributed by atoms with van der Waals surface area (Å²) in [5, 5.41) is 0.680. The molecule has 2 aliphatic rings. The molecule has 3 nitrogen and oxygen atoms in total. The Morgan fingerprint density at radius 1 is 1.14 bits per heavy atom. The molecule has 0 spiro atoms. The average molecular weight is 308 g/mol. The largest absolute Gasteiger partial charge is 0.381 e. The van der Waals surface area contributed by atoms with Crippen molar-refractivity contribution in [3.63, 3.8) is 0 Å². The summed E-state index contributed by atoms with van der Waals surface area (Å²) in [6, 6.07) is 7.89. The highest BCUT2D eigenvalue weighted by molar-refractivity contribution is 6.30. The molecule has 2 heterocycles. The highest BCUT2D eigenvalue weighted by Gasteiger charge is 2.30. The predicted octanol–water partition coefficient (Wildman–Crippen LogP) is 3.41. The van der Waals surface area contributed by atoms with Crippen molar-refractivity contribution in [2.24, 2.45) is 5.92 Å². The first-order valence-corrected chi connectivity index (χ1v) is 8.23. The van der Waals surface area contributed by atoms with Crippen LogP contribution in [0.4, 0.5) is 0 Å². The van der Waals surface area contributed by atoms with Crippen molar-refractivity contribution in [2.75, 3.05) is 26.3 Å². The van der Waals surface area contributed by atoms with Crippen LogP contribution < -0.4 is 0 Å². The topological polar surface area (TPSA) is 29.5 Å². The third-order valence-electron chi connectivity index (χ3n) is 4.66. The molecular formula is C17H22ClNO2. The zero-order valence-corrected chi connectivity index (χ0v) is 13.0. The zero-order chi connectivity index (χ0) is 14.7. The minimum absolute atomic E-state index is 0.128. The number of ether oxygens (including phenoxy) is 1. The van der Waals surface area contributed by atoms with E-state index in [1.165, 1.54) is 0 Å². The normalized spacial score (nSPS) is 24.9. The molecule has 4 heteroatoms. The average Bonchev–Trinajstić information content (AvgIpc) is 2.56. The number of rotatable bonds is 3. The van der Waals surface area contributed by atoms with Crippen molar-refractivity contribution < 1.29 is 9.53 Å². The molecule has 0 saturated carbocycles. The maximum absolute atomic E-state index is 12.6. The number of halogens is 1. The number of carbonyl (C=O) groups excluding carboxylic acids is 1. The lowest BCUT2D eigenvalue weighted by molar-refractivity contribution is 0.0183. The SMILES string of the molecule is O=C(c1ccc(Cl)cc1)[C@H]1CCCN(C2CCOCC2)C1. The van der Waals surface area contributed by atoms with Gasteiger partial charge in [0.1, 0.15) is 0 Å². The van der Waals surface area contributed by atoms with Gasteiger partial charge in [-0.2, -0.15) is 0 Å². The molecule has 0 N–H and O–H groups in total. The van der Waals surface area contributed by atoms with Crippen LogP contribution in [0.25, 0.3) is 0 Å². The zero-order valence-electron chi connectivity index (χ0n) is 12.3. The second-order valence-electron chi connectivity index (χ2n) is 6.05. The molecule has 114 valence electrons. The van der Waals surface area contributed by atoms with Gasteiger partial charge in [-0.1, -0.05) is 11.6 Å². The molecule has 0 radical (unpaired) electrons. The summed E-state index contributed by atoms with van der Waals surface area (Å²) in [4.78, 5) is 15.1. The van der Waals surface area contributed by atoms with Gasteiger partial charge < -0.3 is 4.74 Å². The molecule has 0 bridgehead atoms. The Bertz CT molecular complexity index is 482. The molecule has 0 unspecified atom stereocenters. The number of carbonyl (C=O) groups is 1. The lowest BCUT2D eigenvalue weighted by Gasteiger charge is -2.39. The molecule has 0 aromatic heterocycles. The van der Waals surface area contributed by atoms with E-state index < -0.39 is 0 Å². The minimum atomic E-state index is 0.128. The third kappa shape index (κ3) is 3.65. The van der Waals surface area contributed by atoms with Gasteiger partial charge in [0.2, 0.25) is 0 Å². The molecule has 21 heavy (non-hydrogen) atoms. The van der Waals surface area contributed by atoms with E-state index in [1.54, 1.807) is 12.1 Å². The Hall–Kier alpha value is -0.900. The van der Waals surface area contributed by atoms with Crippen molar-refractivity contribution >= 4 is 17.4 Å².